The molecular formula is C27H27F2N3O4. The van der Waals surface area contributed by atoms with E-state index in [1.165, 1.54) is 12.1 Å². The summed E-state index contributed by atoms with van der Waals surface area (Å²) in [5, 5.41) is 0. The van der Waals surface area contributed by atoms with Gasteiger partial charge in [-0.1, -0.05) is 6.07 Å². The van der Waals surface area contributed by atoms with Crippen molar-refractivity contribution in [3.63, 3.8) is 0 Å². The Morgan fingerprint density at radius 1 is 0.972 bits per heavy atom. The van der Waals surface area contributed by atoms with Crippen LogP contribution in [0.2, 0.25) is 0 Å². The van der Waals surface area contributed by atoms with Crippen molar-refractivity contribution in [2.45, 2.75) is 56.4 Å². The highest BCUT2D eigenvalue weighted by molar-refractivity contribution is 5.99. The summed E-state index contributed by atoms with van der Waals surface area (Å²) < 4.78 is 33.9. The fourth-order valence-electron chi connectivity index (χ4n) is 6.12. The predicted octanol–water partition coefficient (Wildman–Crippen LogP) is 3.79. The van der Waals surface area contributed by atoms with Crippen LogP contribution >= 0.6 is 0 Å². The first kappa shape index (κ1) is 23.1. The SMILES string of the molecule is O=C(c1cccc(N2CCCC2=O)c1)N1CCC2(CC1)OC1CC[C@@H](c3cc(F)cc(F)c3)N1C2=O. The molecule has 36 heavy (non-hydrogen) atoms. The van der Waals surface area contributed by atoms with Crippen molar-refractivity contribution in [3.05, 3.63) is 65.2 Å². The van der Waals surface area contributed by atoms with Gasteiger partial charge < -0.3 is 19.4 Å². The van der Waals surface area contributed by atoms with Crippen LogP contribution in [-0.2, 0) is 14.3 Å². The molecule has 7 nitrogen and oxygen atoms in total. The lowest BCUT2D eigenvalue weighted by Gasteiger charge is -2.37. The zero-order valence-electron chi connectivity index (χ0n) is 19.8. The summed E-state index contributed by atoms with van der Waals surface area (Å²) in [5.74, 6) is -1.57. The Hall–Kier alpha value is -3.33. The van der Waals surface area contributed by atoms with Crippen LogP contribution < -0.4 is 4.90 Å². The van der Waals surface area contributed by atoms with Crippen molar-refractivity contribution in [2.24, 2.45) is 0 Å². The van der Waals surface area contributed by atoms with Crippen molar-refractivity contribution >= 4 is 23.4 Å². The molecule has 2 aromatic carbocycles. The topological polar surface area (TPSA) is 70.2 Å². The molecule has 4 heterocycles. The zero-order valence-corrected chi connectivity index (χ0v) is 19.8. The summed E-state index contributed by atoms with van der Waals surface area (Å²) in [5.41, 5.74) is 0.658. The summed E-state index contributed by atoms with van der Waals surface area (Å²) in [4.78, 5) is 44.0. The van der Waals surface area contributed by atoms with Crippen LogP contribution in [0.4, 0.5) is 14.5 Å². The fraction of sp³-hybridized carbons (Fsp3) is 0.444. The van der Waals surface area contributed by atoms with Gasteiger partial charge in [-0.05, 0) is 55.2 Å². The van der Waals surface area contributed by atoms with Gasteiger partial charge in [-0.2, -0.15) is 0 Å². The minimum atomic E-state index is -1.02. The molecular weight excluding hydrogens is 468 g/mol. The standard InChI is InChI=1S/C27H27F2N3O4/c28-19-13-18(14-20(29)16-19)22-6-7-24-32(22)26(35)27(36-24)8-11-30(12-9-27)25(34)17-3-1-4-21(15-17)31-10-2-5-23(31)33/h1,3-4,13-16,22,24H,2,5-12H2/t22-,24?/m0/s1. The molecule has 0 saturated carbocycles. The Balaban J connectivity index is 1.15. The maximum absolute atomic E-state index is 13.8. The van der Waals surface area contributed by atoms with Gasteiger partial charge >= 0.3 is 0 Å². The number of hydrogen-bond acceptors (Lipinski definition) is 4. The summed E-state index contributed by atoms with van der Waals surface area (Å²) >= 11 is 0. The van der Waals surface area contributed by atoms with Gasteiger partial charge in [-0.3, -0.25) is 14.4 Å². The molecule has 0 N–H and O–H groups in total. The minimum absolute atomic E-state index is 0.0660. The summed E-state index contributed by atoms with van der Waals surface area (Å²) in [6, 6.07) is 10.1. The molecule has 9 heteroatoms. The number of fused-ring (bicyclic) bond motifs is 1. The molecule has 0 radical (unpaired) electrons. The van der Waals surface area contributed by atoms with E-state index in [9.17, 15) is 23.2 Å². The molecule has 1 unspecified atom stereocenters. The second-order valence-electron chi connectivity index (χ2n) is 10.1. The van der Waals surface area contributed by atoms with Crippen LogP contribution in [0.3, 0.4) is 0 Å². The van der Waals surface area contributed by atoms with E-state index < -0.39 is 29.5 Å². The summed E-state index contributed by atoms with van der Waals surface area (Å²) in [6.45, 7) is 1.37. The molecule has 0 aromatic heterocycles. The van der Waals surface area contributed by atoms with E-state index in [1.54, 1.807) is 32.9 Å². The van der Waals surface area contributed by atoms with Crippen molar-refractivity contribution < 1.29 is 27.9 Å². The number of nitrogens with zero attached hydrogens (tertiary/aromatic N) is 3. The highest BCUT2D eigenvalue weighted by atomic mass is 19.1. The van der Waals surface area contributed by atoms with E-state index in [2.05, 4.69) is 0 Å². The number of benzene rings is 2. The molecule has 3 amide bonds. The Bertz CT molecular complexity index is 1220. The number of hydrogen-bond donors (Lipinski definition) is 0. The number of carbonyl (C=O) groups is 3. The van der Waals surface area contributed by atoms with Gasteiger partial charge in [0.1, 0.15) is 17.9 Å². The average Bonchev–Trinajstić information content (AvgIpc) is 3.55. The predicted molar refractivity (Wildman–Crippen MR) is 126 cm³/mol. The molecule has 4 aliphatic heterocycles. The van der Waals surface area contributed by atoms with Gasteiger partial charge in [0, 0.05) is 56.2 Å². The monoisotopic (exact) mass is 495 g/mol. The molecule has 4 fully saturated rings. The molecule has 4 saturated heterocycles. The molecule has 188 valence electrons. The van der Waals surface area contributed by atoms with E-state index in [0.717, 1.165) is 18.2 Å². The third-order valence-electron chi connectivity index (χ3n) is 7.93. The lowest BCUT2D eigenvalue weighted by atomic mass is 9.89. The van der Waals surface area contributed by atoms with Crippen LogP contribution in [0, 0.1) is 11.6 Å². The second kappa shape index (κ2) is 8.65. The third-order valence-corrected chi connectivity index (χ3v) is 7.93. The van der Waals surface area contributed by atoms with Gasteiger partial charge in [0.15, 0.2) is 5.60 Å². The van der Waals surface area contributed by atoms with Crippen LogP contribution in [0.5, 0.6) is 0 Å². The quantitative estimate of drug-likeness (QED) is 0.650. The van der Waals surface area contributed by atoms with E-state index >= 15 is 0 Å². The first-order chi connectivity index (χ1) is 17.3. The number of anilines is 1. The molecule has 2 aromatic rings. The first-order valence-corrected chi connectivity index (χ1v) is 12.5. The molecule has 0 bridgehead atoms. The van der Waals surface area contributed by atoms with E-state index in [-0.39, 0.29) is 17.7 Å². The van der Waals surface area contributed by atoms with E-state index in [0.29, 0.717) is 62.9 Å². The van der Waals surface area contributed by atoms with Gasteiger partial charge in [0.05, 0.1) is 6.04 Å². The largest absolute Gasteiger partial charge is 0.342 e. The van der Waals surface area contributed by atoms with Crippen molar-refractivity contribution in [1.29, 1.82) is 0 Å². The Kier molecular flexibility index (Phi) is 5.55. The van der Waals surface area contributed by atoms with E-state index in [1.807, 2.05) is 6.07 Å². The first-order valence-electron chi connectivity index (χ1n) is 12.5. The maximum atomic E-state index is 13.8. The second-order valence-corrected chi connectivity index (χ2v) is 10.1. The summed E-state index contributed by atoms with van der Waals surface area (Å²) in [6.07, 6.45) is 2.81. The van der Waals surface area contributed by atoms with Gasteiger partial charge in [0.2, 0.25) is 5.91 Å². The lowest BCUT2D eigenvalue weighted by Crippen LogP contribution is -2.51. The Morgan fingerprint density at radius 2 is 1.72 bits per heavy atom. The minimum Gasteiger partial charge on any atom is -0.342 e. The highest BCUT2D eigenvalue weighted by Gasteiger charge is 2.58. The van der Waals surface area contributed by atoms with Crippen LogP contribution in [-0.4, -0.2) is 59.0 Å². The van der Waals surface area contributed by atoms with Crippen LogP contribution in [0.25, 0.3) is 0 Å². The number of piperidine rings is 1. The zero-order chi connectivity index (χ0) is 25.0. The average molecular weight is 496 g/mol. The van der Waals surface area contributed by atoms with Crippen LogP contribution in [0.1, 0.15) is 60.5 Å². The lowest BCUT2D eigenvalue weighted by molar-refractivity contribution is -0.142. The normalized spacial score (nSPS) is 25.2. The van der Waals surface area contributed by atoms with Crippen molar-refractivity contribution in [2.75, 3.05) is 24.5 Å². The Labute approximate surface area is 207 Å². The number of carbonyl (C=O) groups excluding carboxylic acids is 3. The molecule has 1 spiro atoms. The number of ether oxygens (including phenoxy) is 1. The number of halogens is 2. The van der Waals surface area contributed by atoms with Gasteiger partial charge in [-0.25, -0.2) is 8.78 Å². The molecule has 2 atom stereocenters. The smallest absolute Gasteiger partial charge is 0.257 e. The molecule has 0 aliphatic carbocycles. The highest BCUT2D eigenvalue weighted by Crippen LogP contribution is 2.47. The number of rotatable bonds is 3. The van der Waals surface area contributed by atoms with Gasteiger partial charge in [0.25, 0.3) is 11.8 Å². The Morgan fingerprint density at radius 3 is 2.42 bits per heavy atom. The van der Waals surface area contributed by atoms with Crippen molar-refractivity contribution in [3.8, 4) is 0 Å². The fourth-order valence-corrected chi connectivity index (χ4v) is 6.12. The number of amides is 3. The molecule has 4 aliphatic rings. The summed E-state index contributed by atoms with van der Waals surface area (Å²) in [7, 11) is 0. The van der Waals surface area contributed by atoms with Crippen LogP contribution in [0.15, 0.2) is 42.5 Å². The van der Waals surface area contributed by atoms with E-state index in [4.69, 9.17) is 4.74 Å². The maximum Gasteiger partial charge on any atom is 0.257 e. The molecule has 6 rings (SSSR count). The van der Waals surface area contributed by atoms with Gasteiger partial charge in [-0.15, -0.1) is 0 Å². The van der Waals surface area contributed by atoms with Crippen molar-refractivity contribution in [1.82, 2.24) is 9.80 Å². The third kappa shape index (κ3) is 3.77. The number of likely N-dealkylation sites (tertiary alicyclic amines) is 1.